The molecule has 3 aromatic carbocycles. The van der Waals surface area contributed by atoms with Crippen LogP contribution >= 0.6 is 11.6 Å². The second-order valence-electron chi connectivity index (χ2n) is 7.73. The minimum absolute atomic E-state index is 0.104. The van der Waals surface area contributed by atoms with Gasteiger partial charge in [-0.1, -0.05) is 54.1 Å². The Morgan fingerprint density at radius 1 is 1.00 bits per heavy atom. The molecule has 0 spiro atoms. The molecule has 168 valence electrons. The average molecular weight is 462 g/mol. The lowest BCUT2D eigenvalue weighted by atomic mass is 9.93. The number of hydrogen-bond acceptors (Lipinski definition) is 4. The Labute approximate surface area is 197 Å². The van der Waals surface area contributed by atoms with Crippen molar-refractivity contribution in [1.29, 1.82) is 0 Å². The van der Waals surface area contributed by atoms with Gasteiger partial charge in [-0.05, 0) is 60.9 Å². The van der Waals surface area contributed by atoms with E-state index in [9.17, 15) is 14.7 Å². The molecular formula is C27H24ClNO4. The van der Waals surface area contributed by atoms with E-state index in [0.29, 0.717) is 35.1 Å². The highest BCUT2D eigenvalue weighted by atomic mass is 35.5. The summed E-state index contributed by atoms with van der Waals surface area (Å²) >= 11 is 6.07. The molecule has 33 heavy (non-hydrogen) atoms. The Morgan fingerprint density at radius 3 is 2.30 bits per heavy atom. The monoisotopic (exact) mass is 461 g/mol. The summed E-state index contributed by atoms with van der Waals surface area (Å²) < 4.78 is 5.50. The van der Waals surface area contributed by atoms with Crippen molar-refractivity contribution < 1.29 is 19.4 Å². The van der Waals surface area contributed by atoms with E-state index in [1.165, 1.54) is 4.90 Å². The first-order valence-corrected chi connectivity index (χ1v) is 11.2. The van der Waals surface area contributed by atoms with Crippen molar-refractivity contribution in [2.75, 3.05) is 11.5 Å². The smallest absolute Gasteiger partial charge is 0.294 e. The van der Waals surface area contributed by atoms with Gasteiger partial charge in [-0.3, -0.25) is 14.5 Å². The van der Waals surface area contributed by atoms with Crippen LogP contribution in [0.5, 0.6) is 5.75 Å². The number of benzene rings is 3. The van der Waals surface area contributed by atoms with E-state index in [1.807, 2.05) is 37.3 Å². The van der Waals surface area contributed by atoms with E-state index < -0.39 is 17.7 Å². The zero-order chi connectivity index (χ0) is 23.4. The summed E-state index contributed by atoms with van der Waals surface area (Å²) in [5.41, 5.74) is 2.36. The fraction of sp³-hybridized carbons (Fsp3) is 0.185. The zero-order valence-electron chi connectivity index (χ0n) is 18.2. The molecule has 1 atom stereocenters. The number of carbonyl (C=O) groups excluding carboxylic acids is 2. The van der Waals surface area contributed by atoms with Gasteiger partial charge in [-0.2, -0.15) is 0 Å². The second kappa shape index (κ2) is 9.92. The number of ether oxygens (including phenoxy) is 1. The largest absolute Gasteiger partial charge is 0.503 e. The van der Waals surface area contributed by atoms with Crippen molar-refractivity contribution in [2.45, 2.75) is 25.8 Å². The summed E-state index contributed by atoms with van der Waals surface area (Å²) in [6, 6.07) is 22.9. The van der Waals surface area contributed by atoms with Crippen LogP contribution in [-0.4, -0.2) is 23.4 Å². The number of anilines is 1. The average Bonchev–Trinajstić information content (AvgIpc) is 3.10. The van der Waals surface area contributed by atoms with E-state index in [0.717, 1.165) is 5.56 Å². The molecule has 0 fully saturated rings. The highest BCUT2D eigenvalue weighted by Crippen LogP contribution is 2.42. The van der Waals surface area contributed by atoms with Crippen molar-refractivity contribution in [3.8, 4) is 5.75 Å². The molecule has 1 amide bonds. The minimum atomic E-state index is -0.754. The van der Waals surface area contributed by atoms with Crippen molar-refractivity contribution in [3.05, 3.63) is 106 Å². The number of rotatable bonds is 8. The van der Waals surface area contributed by atoms with Crippen LogP contribution < -0.4 is 9.64 Å². The number of hydrogen-bond donors (Lipinski definition) is 1. The van der Waals surface area contributed by atoms with Gasteiger partial charge >= 0.3 is 0 Å². The third kappa shape index (κ3) is 4.78. The summed E-state index contributed by atoms with van der Waals surface area (Å²) in [4.78, 5) is 27.9. The Bertz CT molecular complexity index is 1170. The van der Waals surface area contributed by atoms with Gasteiger partial charge < -0.3 is 9.84 Å². The highest BCUT2D eigenvalue weighted by molar-refractivity contribution is 6.30. The molecule has 0 radical (unpaired) electrons. The van der Waals surface area contributed by atoms with Crippen LogP contribution in [-0.2, 0) is 16.0 Å². The number of ketones is 1. The molecule has 4 rings (SSSR count). The molecule has 1 unspecified atom stereocenters. The summed E-state index contributed by atoms with van der Waals surface area (Å²) in [7, 11) is 0. The van der Waals surface area contributed by atoms with E-state index >= 15 is 0 Å². The molecule has 0 aliphatic carbocycles. The van der Waals surface area contributed by atoms with Gasteiger partial charge in [0.2, 0.25) is 0 Å². The molecule has 6 heteroatoms. The zero-order valence-corrected chi connectivity index (χ0v) is 19.0. The molecule has 1 aliphatic heterocycles. The second-order valence-corrected chi connectivity index (χ2v) is 8.16. The summed E-state index contributed by atoms with van der Waals surface area (Å²) in [5.74, 6) is -0.713. The molecule has 5 nitrogen and oxygen atoms in total. The molecular weight excluding hydrogens is 438 g/mol. The van der Waals surface area contributed by atoms with E-state index in [4.69, 9.17) is 16.3 Å². The van der Waals surface area contributed by atoms with Crippen LogP contribution in [0.3, 0.4) is 0 Å². The molecule has 1 N–H and O–H groups in total. The number of amides is 1. The first-order chi connectivity index (χ1) is 16.0. The molecule has 0 bridgehead atoms. The predicted molar refractivity (Wildman–Crippen MR) is 129 cm³/mol. The molecule has 3 aromatic rings. The SMILES string of the molecule is CCOc1ccc(N2C(=O)C(O)=C(C(=O)CCc3ccccc3)C2c2ccc(Cl)cc2)cc1. The fourth-order valence-corrected chi connectivity index (χ4v) is 4.15. The van der Waals surface area contributed by atoms with Crippen LogP contribution in [0.15, 0.2) is 90.2 Å². The summed E-state index contributed by atoms with van der Waals surface area (Å²) in [6.45, 7) is 2.42. The third-order valence-corrected chi connectivity index (χ3v) is 5.86. The topological polar surface area (TPSA) is 66.8 Å². The van der Waals surface area contributed by atoms with Gasteiger partial charge in [0.05, 0.1) is 18.2 Å². The summed E-state index contributed by atoms with van der Waals surface area (Å²) in [5, 5.41) is 11.3. The van der Waals surface area contributed by atoms with Crippen LogP contribution in [0.2, 0.25) is 5.02 Å². The maximum absolute atomic E-state index is 13.3. The number of aliphatic hydroxyl groups excluding tert-OH is 1. The number of Topliss-reactive ketones (excluding diaryl/α,β-unsaturated/α-hetero) is 1. The number of aliphatic hydroxyl groups is 1. The lowest BCUT2D eigenvalue weighted by molar-refractivity contribution is -0.118. The number of aryl methyl sites for hydroxylation is 1. The van der Waals surface area contributed by atoms with Gasteiger partial charge in [0.25, 0.3) is 5.91 Å². The van der Waals surface area contributed by atoms with Crippen molar-refractivity contribution in [2.24, 2.45) is 0 Å². The van der Waals surface area contributed by atoms with Gasteiger partial charge in [0.15, 0.2) is 11.5 Å². The minimum Gasteiger partial charge on any atom is -0.503 e. The Morgan fingerprint density at radius 2 is 1.67 bits per heavy atom. The van der Waals surface area contributed by atoms with Crippen LogP contribution in [0.25, 0.3) is 0 Å². The molecule has 0 saturated heterocycles. The van der Waals surface area contributed by atoms with Crippen molar-refractivity contribution >= 4 is 29.0 Å². The Kier molecular flexibility index (Phi) is 6.80. The Balaban J connectivity index is 1.69. The molecule has 1 aliphatic rings. The molecule has 0 aromatic heterocycles. The first kappa shape index (κ1) is 22.6. The predicted octanol–water partition coefficient (Wildman–Crippen LogP) is 5.84. The standard InChI is InChI=1S/C27H24ClNO4/c1-2-33-22-15-13-21(14-16-22)29-25(19-9-11-20(28)12-10-19)24(26(31)27(29)32)23(30)17-8-18-6-4-3-5-7-18/h3-7,9-16,25,31H,2,8,17H2,1H3. The van der Waals surface area contributed by atoms with E-state index in [2.05, 4.69) is 0 Å². The lowest BCUT2D eigenvalue weighted by Gasteiger charge is -2.27. The van der Waals surface area contributed by atoms with Crippen LogP contribution in [0.4, 0.5) is 5.69 Å². The third-order valence-electron chi connectivity index (χ3n) is 5.60. The van der Waals surface area contributed by atoms with Crippen LogP contribution in [0, 0.1) is 0 Å². The highest BCUT2D eigenvalue weighted by Gasteiger charge is 2.44. The Hall–Kier alpha value is -3.57. The normalized spacial score (nSPS) is 15.8. The fourth-order valence-electron chi connectivity index (χ4n) is 4.02. The van der Waals surface area contributed by atoms with Crippen LogP contribution in [0.1, 0.15) is 30.5 Å². The maximum atomic E-state index is 13.3. The van der Waals surface area contributed by atoms with Crippen molar-refractivity contribution in [1.82, 2.24) is 0 Å². The van der Waals surface area contributed by atoms with Gasteiger partial charge in [0, 0.05) is 17.1 Å². The van der Waals surface area contributed by atoms with E-state index in [1.54, 1.807) is 48.5 Å². The van der Waals surface area contributed by atoms with E-state index in [-0.39, 0.29) is 17.8 Å². The lowest BCUT2D eigenvalue weighted by Crippen LogP contribution is -2.31. The first-order valence-electron chi connectivity index (χ1n) is 10.8. The number of nitrogens with zero attached hydrogens (tertiary/aromatic N) is 1. The quantitative estimate of drug-likeness (QED) is 0.457. The maximum Gasteiger partial charge on any atom is 0.294 e. The van der Waals surface area contributed by atoms with Crippen molar-refractivity contribution in [3.63, 3.8) is 0 Å². The van der Waals surface area contributed by atoms with Gasteiger partial charge in [0.1, 0.15) is 5.75 Å². The molecule has 1 heterocycles. The molecule has 0 saturated carbocycles. The number of carbonyl (C=O) groups is 2. The van der Waals surface area contributed by atoms with Gasteiger partial charge in [-0.15, -0.1) is 0 Å². The summed E-state index contributed by atoms with van der Waals surface area (Å²) in [6.07, 6.45) is 0.693. The van der Waals surface area contributed by atoms with Gasteiger partial charge in [-0.25, -0.2) is 0 Å². The number of halogens is 1.